The molecule has 1 heterocycles. The van der Waals surface area contributed by atoms with Crippen molar-refractivity contribution in [3.05, 3.63) is 34.8 Å². The van der Waals surface area contributed by atoms with Crippen LogP contribution in [0.1, 0.15) is 17.5 Å². The Labute approximate surface area is 131 Å². The topological polar surface area (TPSA) is 104 Å². The number of anilines is 1. The average Bonchev–Trinajstić information content (AvgIpc) is 2.85. The van der Waals surface area contributed by atoms with Gasteiger partial charge in [0, 0.05) is 13.3 Å². The third-order valence-corrected chi connectivity index (χ3v) is 3.58. The number of carbonyl (C=O) groups excluding carboxylic acids is 2. The zero-order valence-electron chi connectivity index (χ0n) is 12.2. The highest BCUT2D eigenvalue weighted by molar-refractivity contribution is 7.15. The minimum Gasteiger partial charge on any atom is -0.508 e. The number of hydrogen-bond donors (Lipinski definition) is 3. The molecule has 0 aliphatic carbocycles. The van der Waals surface area contributed by atoms with Crippen molar-refractivity contribution in [3.8, 4) is 5.75 Å². The molecule has 116 valence electrons. The Morgan fingerprint density at radius 1 is 1.27 bits per heavy atom. The molecule has 1 atom stereocenters. The van der Waals surface area contributed by atoms with Gasteiger partial charge in [0.1, 0.15) is 16.8 Å². The lowest BCUT2D eigenvalue weighted by Gasteiger charge is -2.16. The van der Waals surface area contributed by atoms with Crippen LogP contribution in [0.3, 0.4) is 0 Å². The van der Waals surface area contributed by atoms with Crippen molar-refractivity contribution in [2.24, 2.45) is 0 Å². The van der Waals surface area contributed by atoms with Crippen LogP contribution in [0.2, 0.25) is 0 Å². The fraction of sp³-hybridized carbons (Fsp3) is 0.286. The van der Waals surface area contributed by atoms with E-state index in [2.05, 4.69) is 20.8 Å². The van der Waals surface area contributed by atoms with Crippen LogP contribution in [0, 0.1) is 6.92 Å². The molecule has 0 radical (unpaired) electrons. The zero-order chi connectivity index (χ0) is 16.1. The van der Waals surface area contributed by atoms with Crippen LogP contribution < -0.4 is 10.6 Å². The lowest BCUT2D eigenvalue weighted by atomic mass is 10.1. The molecule has 0 saturated carbocycles. The van der Waals surface area contributed by atoms with E-state index in [9.17, 15) is 14.7 Å². The van der Waals surface area contributed by atoms with Crippen LogP contribution in [0.15, 0.2) is 24.3 Å². The summed E-state index contributed by atoms with van der Waals surface area (Å²) in [5.41, 5.74) is 0.820. The maximum atomic E-state index is 12.3. The monoisotopic (exact) mass is 320 g/mol. The number of aromatic nitrogens is 2. The van der Waals surface area contributed by atoms with Crippen molar-refractivity contribution < 1.29 is 14.7 Å². The van der Waals surface area contributed by atoms with Crippen LogP contribution in [-0.2, 0) is 16.0 Å². The summed E-state index contributed by atoms with van der Waals surface area (Å²) in [6, 6.07) is 5.74. The second-order valence-corrected chi connectivity index (χ2v) is 5.92. The van der Waals surface area contributed by atoms with Crippen LogP contribution in [0.4, 0.5) is 5.13 Å². The van der Waals surface area contributed by atoms with Crippen molar-refractivity contribution >= 4 is 28.3 Å². The number of nitrogens with zero attached hydrogens (tertiary/aromatic N) is 2. The van der Waals surface area contributed by atoms with Crippen LogP contribution in [0.5, 0.6) is 5.75 Å². The van der Waals surface area contributed by atoms with Gasteiger partial charge in [-0.2, -0.15) is 0 Å². The van der Waals surface area contributed by atoms with E-state index in [0.29, 0.717) is 11.6 Å². The third kappa shape index (κ3) is 4.52. The van der Waals surface area contributed by atoms with Gasteiger partial charge in [-0.3, -0.25) is 14.9 Å². The largest absolute Gasteiger partial charge is 0.508 e. The van der Waals surface area contributed by atoms with Gasteiger partial charge in [-0.25, -0.2) is 0 Å². The number of amides is 2. The first-order valence-electron chi connectivity index (χ1n) is 6.60. The molecule has 22 heavy (non-hydrogen) atoms. The van der Waals surface area contributed by atoms with Gasteiger partial charge in [-0.1, -0.05) is 23.5 Å². The molecule has 0 bridgehead atoms. The van der Waals surface area contributed by atoms with E-state index in [1.165, 1.54) is 30.4 Å². The average molecular weight is 320 g/mol. The van der Waals surface area contributed by atoms with Crippen molar-refractivity contribution in [2.75, 3.05) is 5.32 Å². The quantitative estimate of drug-likeness (QED) is 0.769. The van der Waals surface area contributed by atoms with E-state index in [1.54, 1.807) is 19.1 Å². The Bertz CT molecular complexity index is 669. The molecule has 1 aromatic heterocycles. The van der Waals surface area contributed by atoms with E-state index in [4.69, 9.17) is 0 Å². The molecule has 1 aromatic carbocycles. The fourth-order valence-electron chi connectivity index (χ4n) is 1.86. The Hall–Kier alpha value is -2.48. The molecule has 2 aromatic rings. The highest BCUT2D eigenvalue weighted by atomic mass is 32.1. The highest BCUT2D eigenvalue weighted by Gasteiger charge is 2.21. The van der Waals surface area contributed by atoms with Crippen molar-refractivity contribution in [1.82, 2.24) is 15.5 Å². The smallest absolute Gasteiger partial charge is 0.249 e. The van der Waals surface area contributed by atoms with Gasteiger partial charge >= 0.3 is 0 Å². The number of nitrogens with one attached hydrogen (secondary N) is 2. The molecule has 0 saturated heterocycles. The van der Waals surface area contributed by atoms with Gasteiger partial charge in [0.15, 0.2) is 0 Å². The molecule has 2 amide bonds. The van der Waals surface area contributed by atoms with Gasteiger partial charge in [0.05, 0.1) is 0 Å². The summed E-state index contributed by atoms with van der Waals surface area (Å²) in [6.45, 7) is 3.14. The first-order valence-corrected chi connectivity index (χ1v) is 7.41. The van der Waals surface area contributed by atoms with Crippen LogP contribution in [-0.4, -0.2) is 33.2 Å². The van der Waals surface area contributed by atoms with Crippen LogP contribution >= 0.6 is 11.3 Å². The first kappa shape index (κ1) is 15.9. The molecule has 0 fully saturated rings. The molecule has 7 nitrogen and oxygen atoms in total. The molecule has 3 N–H and O–H groups in total. The Morgan fingerprint density at radius 3 is 2.50 bits per heavy atom. The van der Waals surface area contributed by atoms with Crippen molar-refractivity contribution in [2.45, 2.75) is 26.3 Å². The third-order valence-electron chi connectivity index (χ3n) is 2.83. The van der Waals surface area contributed by atoms with E-state index in [1.807, 2.05) is 0 Å². The predicted molar refractivity (Wildman–Crippen MR) is 82.7 cm³/mol. The Kier molecular flexibility index (Phi) is 5.05. The summed E-state index contributed by atoms with van der Waals surface area (Å²) in [6.07, 6.45) is 0.309. The highest BCUT2D eigenvalue weighted by Crippen LogP contribution is 2.15. The van der Waals surface area contributed by atoms with Gasteiger partial charge in [-0.15, -0.1) is 10.2 Å². The number of aryl methyl sites for hydroxylation is 1. The Balaban J connectivity index is 2.09. The SMILES string of the molecule is CC(=O)NC(Cc1ccc(O)cc1)C(=O)Nc1nnc(C)s1. The predicted octanol–water partition coefficient (Wildman–Crippen LogP) is 1.24. The second-order valence-electron chi connectivity index (χ2n) is 4.74. The number of phenols is 1. The lowest BCUT2D eigenvalue weighted by Crippen LogP contribution is -2.44. The van der Waals surface area contributed by atoms with E-state index in [-0.39, 0.29) is 17.6 Å². The normalized spacial score (nSPS) is 11.7. The number of carbonyl (C=O) groups is 2. The van der Waals surface area contributed by atoms with E-state index in [0.717, 1.165) is 10.6 Å². The molecular weight excluding hydrogens is 304 g/mol. The fourth-order valence-corrected chi connectivity index (χ4v) is 2.46. The number of phenolic OH excluding ortho intramolecular Hbond substituents is 1. The van der Waals surface area contributed by atoms with Crippen LogP contribution in [0.25, 0.3) is 0 Å². The summed E-state index contributed by atoms with van der Waals surface area (Å²) in [7, 11) is 0. The zero-order valence-corrected chi connectivity index (χ0v) is 13.0. The second kappa shape index (κ2) is 6.99. The van der Waals surface area contributed by atoms with Gasteiger partial charge in [0.2, 0.25) is 16.9 Å². The number of aromatic hydroxyl groups is 1. The summed E-state index contributed by atoms with van der Waals surface area (Å²) < 4.78 is 0. The van der Waals surface area contributed by atoms with E-state index < -0.39 is 6.04 Å². The molecule has 2 rings (SSSR count). The minimum atomic E-state index is -0.730. The van der Waals surface area contributed by atoms with Gasteiger partial charge < -0.3 is 10.4 Å². The molecule has 0 aliphatic rings. The molecule has 0 aliphatic heterocycles. The standard InChI is InChI=1S/C14H16N4O3S/c1-8(19)15-12(7-10-3-5-11(20)6-4-10)13(21)16-14-18-17-9(2)22-14/h3-6,12,20H,7H2,1-2H3,(H,15,19)(H,16,18,21). The van der Waals surface area contributed by atoms with Crippen molar-refractivity contribution in [3.63, 3.8) is 0 Å². The molecular formula is C14H16N4O3S. The summed E-state index contributed by atoms with van der Waals surface area (Å²) in [5, 5.41) is 23.3. The molecule has 0 spiro atoms. The number of rotatable bonds is 5. The summed E-state index contributed by atoms with van der Waals surface area (Å²) in [5.74, 6) is -0.514. The number of hydrogen-bond acceptors (Lipinski definition) is 6. The first-order chi connectivity index (χ1) is 10.4. The van der Waals surface area contributed by atoms with Gasteiger partial charge in [-0.05, 0) is 24.6 Å². The summed E-state index contributed by atoms with van der Waals surface area (Å²) in [4.78, 5) is 23.6. The molecule has 8 heteroatoms. The maximum Gasteiger partial charge on any atom is 0.249 e. The van der Waals surface area contributed by atoms with Crippen molar-refractivity contribution in [1.29, 1.82) is 0 Å². The summed E-state index contributed by atoms with van der Waals surface area (Å²) >= 11 is 1.26. The van der Waals surface area contributed by atoms with E-state index >= 15 is 0 Å². The Morgan fingerprint density at radius 2 is 1.95 bits per heavy atom. The van der Waals surface area contributed by atoms with Gasteiger partial charge in [0.25, 0.3) is 0 Å². The molecule has 1 unspecified atom stereocenters. The number of benzene rings is 1. The maximum absolute atomic E-state index is 12.3. The minimum absolute atomic E-state index is 0.147. The lowest BCUT2D eigenvalue weighted by molar-refractivity contribution is -0.125.